The van der Waals surface area contributed by atoms with E-state index in [1.54, 1.807) is 12.1 Å². The highest BCUT2D eigenvalue weighted by atomic mass is 32.1. The van der Waals surface area contributed by atoms with E-state index in [9.17, 15) is 4.79 Å². The molecule has 5 nitrogen and oxygen atoms in total. The van der Waals surface area contributed by atoms with E-state index in [0.29, 0.717) is 11.4 Å². The zero-order chi connectivity index (χ0) is 11.0. The number of methoxy groups -OCH3 is 1. The van der Waals surface area contributed by atoms with Gasteiger partial charge in [-0.2, -0.15) is 0 Å². The molecule has 2 aromatic rings. The Hall–Kier alpha value is -1.82. The Bertz CT molecular complexity index is 535. The van der Waals surface area contributed by atoms with Crippen LogP contribution in [0.1, 0.15) is 9.67 Å². The van der Waals surface area contributed by atoms with Gasteiger partial charge in [-0.15, -0.1) is 11.3 Å². The van der Waals surface area contributed by atoms with Crippen LogP contribution in [0.2, 0.25) is 0 Å². The van der Waals surface area contributed by atoms with Crippen molar-refractivity contribution in [3.05, 3.63) is 17.0 Å². The average Bonchev–Trinajstić information content (AvgIpc) is 2.56. The molecule has 0 spiro atoms. The molecular weight excluding hydrogens is 216 g/mol. The van der Waals surface area contributed by atoms with Gasteiger partial charge in [0.1, 0.15) is 10.4 Å². The SMILES string of the molecule is COc1ccc2sc(C(=O)O)c(N)c2n1. The number of hydrogen-bond acceptors (Lipinski definition) is 5. The van der Waals surface area contributed by atoms with Gasteiger partial charge in [0.25, 0.3) is 0 Å². The van der Waals surface area contributed by atoms with Gasteiger partial charge >= 0.3 is 5.97 Å². The van der Waals surface area contributed by atoms with Crippen molar-refractivity contribution in [2.24, 2.45) is 0 Å². The molecule has 2 heterocycles. The van der Waals surface area contributed by atoms with Crippen LogP contribution in [0.15, 0.2) is 12.1 Å². The van der Waals surface area contributed by atoms with Gasteiger partial charge in [0, 0.05) is 6.07 Å². The highest BCUT2D eigenvalue weighted by Crippen LogP contribution is 2.33. The molecule has 2 aromatic heterocycles. The zero-order valence-corrected chi connectivity index (χ0v) is 8.67. The summed E-state index contributed by atoms with van der Waals surface area (Å²) in [5, 5.41) is 8.86. The topological polar surface area (TPSA) is 85.4 Å². The van der Waals surface area contributed by atoms with Crippen molar-refractivity contribution in [3.8, 4) is 5.88 Å². The lowest BCUT2D eigenvalue weighted by Gasteiger charge is -1.97. The van der Waals surface area contributed by atoms with Crippen LogP contribution < -0.4 is 10.5 Å². The normalized spacial score (nSPS) is 10.5. The number of carbonyl (C=O) groups is 1. The first-order chi connectivity index (χ1) is 7.13. The van der Waals surface area contributed by atoms with Crippen LogP contribution in [0.3, 0.4) is 0 Å². The number of ether oxygens (including phenoxy) is 1. The molecule has 0 aliphatic heterocycles. The first-order valence-electron chi connectivity index (χ1n) is 4.09. The van der Waals surface area contributed by atoms with E-state index in [1.165, 1.54) is 7.11 Å². The molecule has 0 radical (unpaired) electrons. The van der Waals surface area contributed by atoms with Crippen LogP contribution in [0.5, 0.6) is 5.88 Å². The fraction of sp³-hybridized carbons (Fsp3) is 0.111. The van der Waals surface area contributed by atoms with E-state index in [-0.39, 0.29) is 10.6 Å². The van der Waals surface area contributed by atoms with Crippen molar-refractivity contribution in [3.63, 3.8) is 0 Å². The minimum atomic E-state index is -1.03. The molecule has 0 unspecified atom stereocenters. The predicted molar refractivity (Wildman–Crippen MR) is 57.5 cm³/mol. The summed E-state index contributed by atoms with van der Waals surface area (Å²) in [6, 6.07) is 3.42. The van der Waals surface area contributed by atoms with Crippen molar-refractivity contribution >= 4 is 33.2 Å². The maximum atomic E-state index is 10.8. The zero-order valence-electron chi connectivity index (χ0n) is 7.85. The molecule has 3 N–H and O–H groups in total. The van der Waals surface area contributed by atoms with Gasteiger partial charge in [-0.3, -0.25) is 0 Å². The van der Waals surface area contributed by atoms with Crippen LogP contribution in [0.4, 0.5) is 5.69 Å². The summed E-state index contributed by atoms with van der Waals surface area (Å²) in [4.78, 5) is 15.0. The quantitative estimate of drug-likeness (QED) is 0.808. The summed E-state index contributed by atoms with van der Waals surface area (Å²) in [6.45, 7) is 0. The van der Waals surface area contributed by atoms with Gasteiger partial charge in [0.05, 0.1) is 17.5 Å². The second-order valence-corrected chi connectivity index (χ2v) is 3.90. The number of rotatable bonds is 2. The number of thiophene rings is 1. The lowest BCUT2D eigenvalue weighted by molar-refractivity contribution is 0.0703. The minimum Gasteiger partial charge on any atom is -0.481 e. The Morgan fingerprint density at radius 3 is 2.93 bits per heavy atom. The molecule has 0 saturated carbocycles. The van der Waals surface area contributed by atoms with Gasteiger partial charge in [-0.1, -0.05) is 0 Å². The minimum absolute atomic E-state index is 0.116. The molecule has 0 fully saturated rings. The van der Waals surface area contributed by atoms with E-state index in [4.69, 9.17) is 15.6 Å². The summed E-state index contributed by atoms with van der Waals surface area (Å²) in [5.74, 6) is -0.613. The highest BCUT2D eigenvalue weighted by Gasteiger charge is 2.16. The number of carboxylic acids is 1. The molecule has 15 heavy (non-hydrogen) atoms. The molecule has 2 rings (SSSR count). The number of nitrogens with two attached hydrogens (primary N) is 1. The maximum Gasteiger partial charge on any atom is 0.348 e. The largest absolute Gasteiger partial charge is 0.481 e. The summed E-state index contributed by atoms with van der Waals surface area (Å²) in [7, 11) is 1.49. The lowest BCUT2D eigenvalue weighted by Crippen LogP contribution is -1.97. The van der Waals surface area contributed by atoms with Gasteiger partial charge in [0.2, 0.25) is 5.88 Å². The Labute approximate surface area is 89.1 Å². The molecule has 0 saturated heterocycles. The first-order valence-corrected chi connectivity index (χ1v) is 4.91. The Balaban J connectivity index is 2.72. The van der Waals surface area contributed by atoms with Crippen molar-refractivity contribution in [2.75, 3.05) is 12.8 Å². The molecule has 78 valence electrons. The van der Waals surface area contributed by atoms with Gasteiger partial charge in [-0.25, -0.2) is 9.78 Å². The number of nitrogens with zero attached hydrogens (tertiary/aromatic N) is 1. The van der Waals surface area contributed by atoms with E-state index in [0.717, 1.165) is 16.0 Å². The number of aromatic nitrogens is 1. The van der Waals surface area contributed by atoms with Crippen molar-refractivity contribution < 1.29 is 14.6 Å². The van der Waals surface area contributed by atoms with Gasteiger partial charge in [0.15, 0.2) is 0 Å². The Morgan fingerprint density at radius 2 is 2.33 bits per heavy atom. The smallest absolute Gasteiger partial charge is 0.348 e. The fourth-order valence-corrected chi connectivity index (χ4v) is 2.15. The van der Waals surface area contributed by atoms with Gasteiger partial charge in [-0.05, 0) is 6.07 Å². The first kappa shape index (κ1) is 9.72. The highest BCUT2D eigenvalue weighted by molar-refractivity contribution is 7.21. The Morgan fingerprint density at radius 1 is 1.60 bits per heavy atom. The average molecular weight is 224 g/mol. The molecule has 0 aliphatic carbocycles. The predicted octanol–water partition coefficient (Wildman–Crippen LogP) is 1.59. The number of anilines is 1. The molecule has 0 bridgehead atoms. The summed E-state index contributed by atoms with van der Waals surface area (Å²) < 4.78 is 5.68. The van der Waals surface area contributed by atoms with Crippen LogP contribution >= 0.6 is 11.3 Å². The summed E-state index contributed by atoms with van der Waals surface area (Å²) >= 11 is 1.11. The number of hydrogen-bond donors (Lipinski definition) is 2. The summed E-state index contributed by atoms with van der Waals surface area (Å²) in [5.41, 5.74) is 6.35. The fourth-order valence-electron chi connectivity index (χ4n) is 1.25. The maximum absolute atomic E-state index is 10.8. The monoisotopic (exact) mass is 224 g/mol. The molecule has 0 atom stereocenters. The third-order valence-electron chi connectivity index (χ3n) is 1.95. The second-order valence-electron chi connectivity index (χ2n) is 2.85. The Kier molecular flexibility index (Phi) is 2.20. The van der Waals surface area contributed by atoms with Crippen molar-refractivity contribution in [2.45, 2.75) is 0 Å². The summed E-state index contributed by atoms with van der Waals surface area (Å²) in [6.07, 6.45) is 0. The number of fused-ring (bicyclic) bond motifs is 1. The standard InChI is InChI=1S/C9H8N2O3S/c1-14-5-3-2-4-7(11-5)6(10)8(15-4)9(12)13/h2-3H,10H2,1H3,(H,12,13). The van der Waals surface area contributed by atoms with E-state index in [1.807, 2.05) is 0 Å². The van der Waals surface area contributed by atoms with E-state index in [2.05, 4.69) is 4.98 Å². The third-order valence-corrected chi connectivity index (χ3v) is 3.10. The molecule has 6 heteroatoms. The van der Waals surface area contributed by atoms with Crippen LogP contribution in [-0.4, -0.2) is 23.2 Å². The van der Waals surface area contributed by atoms with E-state index >= 15 is 0 Å². The molecule has 0 amide bonds. The van der Waals surface area contributed by atoms with E-state index < -0.39 is 5.97 Å². The van der Waals surface area contributed by atoms with Crippen molar-refractivity contribution in [1.29, 1.82) is 0 Å². The van der Waals surface area contributed by atoms with Crippen molar-refractivity contribution in [1.82, 2.24) is 4.98 Å². The molecular formula is C9H8N2O3S. The molecule has 0 aromatic carbocycles. The number of carboxylic acid groups (broad SMARTS) is 1. The van der Waals surface area contributed by atoms with Gasteiger partial charge < -0.3 is 15.6 Å². The number of aromatic carboxylic acids is 1. The van der Waals surface area contributed by atoms with Crippen LogP contribution in [-0.2, 0) is 0 Å². The lowest BCUT2D eigenvalue weighted by atomic mass is 10.3. The number of pyridine rings is 1. The number of nitrogen functional groups attached to an aromatic ring is 1. The second kappa shape index (κ2) is 3.39. The third kappa shape index (κ3) is 1.48. The van der Waals surface area contributed by atoms with Crippen LogP contribution in [0, 0.1) is 0 Å². The van der Waals surface area contributed by atoms with Crippen LogP contribution in [0.25, 0.3) is 10.2 Å². The molecule has 0 aliphatic rings.